The molecule has 1 heterocycles. The Morgan fingerprint density at radius 2 is 1.88 bits per heavy atom. The highest BCUT2D eigenvalue weighted by molar-refractivity contribution is 14.0. The van der Waals surface area contributed by atoms with Crippen molar-refractivity contribution < 1.29 is 4.74 Å². The lowest BCUT2D eigenvalue weighted by Gasteiger charge is -2.41. The van der Waals surface area contributed by atoms with E-state index in [0.29, 0.717) is 0 Å². The molecule has 1 aliphatic rings. The quantitative estimate of drug-likeness (QED) is 0.192. The Bertz CT molecular complexity index is 522. The maximum atomic E-state index is 5.45. The maximum Gasteiger partial charge on any atom is 0.191 e. The van der Waals surface area contributed by atoms with Crippen LogP contribution in [0.2, 0.25) is 0 Å². The Kier molecular flexibility index (Phi) is 11.6. The first kappa shape index (κ1) is 23.5. The van der Waals surface area contributed by atoms with E-state index in [9.17, 15) is 0 Å². The van der Waals surface area contributed by atoms with Gasteiger partial charge >= 0.3 is 0 Å². The van der Waals surface area contributed by atoms with Crippen molar-refractivity contribution in [2.75, 3.05) is 52.2 Å². The summed E-state index contributed by atoms with van der Waals surface area (Å²) in [6, 6.07) is 10.5. The van der Waals surface area contributed by atoms with Crippen LogP contribution in [-0.2, 0) is 4.74 Å². The summed E-state index contributed by atoms with van der Waals surface area (Å²) >= 11 is 1.90. The lowest BCUT2D eigenvalue weighted by molar-refractivity contribution is -0.00833. The van der Waals surface area contributed by atoms with Gasteiger partial charge in [0, 0.05) is 43.7 Å². The van der Waals surface area contributed by atoms with Gasteiger partial charge in [-0.2, -0.15) is 0 Å². The monoisotopic (exact) mass is 492 g/mol. The lowest BCUT2D eigenvalue weighted by Crippen LogP contribution is -2.56. The fraction of sp³-hybridized carbons (Fsp3) is 0.632. The third kappa shape index (κ3) is 8.45. The second-order valence-electron chi connectivity index (χ2n) is 6.78. The fourth-order valence-corrected chi connectivity index (χ4v) is 3.66. The van der Waals surface area contributed by atoms with Crippen LogP contribution in [0.1, 0.15) is 20.3 Å². The van der Waals surface area contributed by atoms with E-state index in [2.05, 4.69) is 64.7 Å². The van der Waals surface area contributed by atoms with Crippen LogP contribution >= 0.6 is 35.7 Å². The number of thioether (sulfide) groups is 1. The molecule has 0 radical (unpaired) electrons. The highest BCUT2D eigenvalue weighted by Gasteiger charge is 2.28. The van der Waals surface area contributed by atoms with Gasteiger partial charge in [-0.15, -0.1) is 35.7 Å². The summed E-state index contributed by atoms with van der Waals surface area (Å²) in [5.41, 5.74) is 0.0879. The molecule has 0 unspecified atom stereocenters. The van der Waals surface area contributed by atoms with E-state index in [1.54, 1.807) is 0 Å². The number of nitrogens with zero attached hydrogens (tertiary/aromatic N) is 2. The van der Waals surface area contributed by atoms with E-state index in [0.717, 1.165) is 57.5 Å². The number of rotatable bonds is 8. The second-order valence-corrected chi connectivity index (χ2v) is 7.95. The molecule has 2 N–H and O–H groups in total. The topological polar surface area (TPSA) is 48.9 Å². The largest absolute Gasteiger partial charge is 0.379 e. The molecule has 1 aliphatic heterocycles. The van der Waals surface area contributed by atoms with Gasteiger partial charge in [0.1, 0.15) is 0 Å². The van der Waals surface area contributed by atoms with Crippen molar-refractivity contribution in [3.8, 4) is 0 Å². The Morgan fingerprint density at radius 3 is 2.54 bits per heavy atom. The van der Waals surface area contributed by atoms with Gasteiger partial charge in [-0.1, -0.05) is 18.2 Å². The van der Waals surface area contributed by atoms with Crippen LogP contribution in [0.3, 0.4) is 0 Å². The highest BCUT2D eigenvalue weighted by atomic mass is 127. The number of aliphatic imine (C=N–C) groups is 1. The molecule has 1 fully saturated rings. The van der Waals surface area contributed by atoms with Crippen molar-refractivity contribution in [2.45, 2.75) is 30.7 Å². The minimum Gasteiger partial charge on any atom is -0.379 e. The number of hydrogen-bond acceptors (Lipinski definition) is 4. The molecule has 1 aromatic rings. The molecule has 0 aromatic heterocycles. The van der Waals surface area contributed by atoms with Crippen LogP contribution in [0.4, 0.5) is 0 Å². The molecule has 0 atom stereocenters. The van der Waals surface area contributed by atoms with E-state index >= 15 is 0 Å². The first-order valence-electron chi connectivity index (χ1n) is 9.07. The van der Waals surface area contributed by atoms with Crippen LogP contribution in [0.15, 0.2) is 40.2 Å². The summed E-state index contributed by atoms with van der Waals surface area (Å²) in [5.74, 6) is 1.99. The molecule has 0 bridgehead atoms. The number of nitrogens with one attached hydrogen (secondary N) is 2. The van der Waals surface area contributed by atoms with E-state index in [-0.39, 0.29) is 29.5 Å². The van der Waals surface area contributed by atoms with Crippen molar-refractivity contribution in [2.24, 2.45) is 4.99 Å². The maximum absolute atomic E-state index is 5.45. The van der Waals surface area contributed by atoms with Gasteiger partial charge in [0.25, 0.3) is 0 Å². The Morgan fingerprint density at radius 1 is 1.19 bits per heavy atom. The van der Waals surface area contributed by atoms with Gasteiger partial charge in [-0.05, 0) is 38.2 Å². The van der Waals surface area contributed by atoms with Gasteiger partial charge in [0.05, 0.1) is 13.2 Å². The molecular formula is C19H33IN4OS. The predicted octanol–water partition coefficient (Wildman–Crippen LogP) is 3.06. The zero-order valence-electron chi connectivity index (χ0n) is 16.2. The zero-order chi connectivity index (χ0) is 18.0. The zero-order valence-corrected chi connectivity index (χ0v) is 19.3. The smallest absolute Gasteiger partial charge is 0.191 e. The predicted molar refractivity (Wildman–Crippen MR) is 123 cm³/mol. The van der Waals surface area contributed by atoms with Crippen LogP contribution in [0.25, 0.3) is 0 Å². The number of guanidine groups is 1. The van der Waals surface area contributed by atoms with Crippen LogP contribution in [0, 0.1) is 0 Å². The molecule has 1 saturated heterocycles. The number of morpholine rings is 1. The second kappa shape index (κ2) is 12.8. The summed E-state index contributed by atoms with van der Waals surface area (Å²) in [7, 11) is 1.83. The lowest BCUT2D eigenvalue weighted by atomic mass is 10.0. The summed E-state index contributed by atoms with van der Waals surface area (Å²) in [4.78, 5) is 8.15. The van der Waals surface area contributed by atoms with Crippen LogP contribution in [-0.4, -0.2) is 68.6 Å². The van der Waals surface area contributed by atoms with Crippen LogP contribution in [0.5, 0.6) is 0 Å². The van der Waals surface area contributed by atoms with Gasteiger partial charge in [-0.3, -0.25) is 9.89 Å². The van der Waals surface area contributed by atoms with E-state index < -0.39 is 0 Å². The number of halogens is 1. The number of ether oxygens (including phenoxy) is 1. The van der Waals surface area contributed by atoms with Crippen molar-refractivity contribution in [3.63, 3.8) is 0 Å². The van der Waals surface area contributed by atoms with E-state index in [4.69, 9.17) is 4.74 Å². The summed E-state index contributed by atoms with van der Waals surface area (Å²) in [5, 5.41) is 6.88. The van der Waals surface area contributed by atoms with Gasteiger partial charge in [0.2, 0.25) is 0 Å². The average Bonchev–Trinajstić information content (AvgIpc) is 2.65. The summed E-state index contributed by atoms with van der Waals surface area (Å²) in [6.07, 6.45) is 1.10. The third-order valence-electron chi connectivity index (χ3n) is 4.40. The summed E-state index contributed by atoms with van der Waals surface area (Å²) in [6.45, 7) is 9.99. The highest BCUT2D eigenvalue weighted by Crippen LogP contribution is 2.17. The molecule has 0 amide bonds. The number of benzene rings is 1. The van der Waals surface area contributed by atoms with Crippen molar-refractivity contribution in [3.05, 3.63) is 30.3 Å². The molecular weight excluding hydrogens is 459 g/mol. The molecule has 0 aliphatic carbocycles. The van der Waals surface area contributed by atoms with E-state index in [1.165, 1.54) is 4.90 Å². The van der Waals surface area contributed by atoms with Crippen molar-refractivity contribution >= 4 is 41.7 Å². The molecule has 26 heavy (non-hydrogen) atoms. The molecule has 0 spiro atoms. The standard InChI is InChI=1S/C19H32N4OS.HI/c1-19(2,23-11-13-24-14-12-23)16-22-18(20-3)21-10-7-15-25-17-8-5-4-6-9-17;/h4-6,8-9H,7,10-16H2,1-3H3,(H2,20,21,22);1H. The average molecular weight is 492 g/mol. The van der Waals surface area contributed by atoms with Gasteiger partial charge in [-0.25, -0.2) is 0 Å². The van der Waals surface area contributed by atoms with Gasteiger partial charge < -0.3 is 15.4 Å². The van der Waals surface area contributed by atoms with Crippen LogP contribution < -0.4 is 10.6 Å². The SMILES string of the molecule is CN=C(NCCCSc1ccccc1)NCC(C)(C)N1CCOCC1.I. The Labute approximate surface area is 179 Å². The molecule has 1 aromatic carbocycles. The van der Waals surface area contributed by atoms with Gasteiger partial charge in [0.15, 0.2) is 5.96 Å². The first-order chi connectivity index (χ1) is 12.1. The minimum absolute atomic E-state index is 0. The molecule has 148 valence electrons. The minimum atomic E-state index is 0. The molecule has 7 heteroatoms. The Hall–Kier alpha value is -0.510. The molecule has 2 rings (SSSR count). The Balaban J connectivity index is 0.00000338. The number of hydrogen-bond donors (Lipinski definition) is 2. The molecule has 0 saturated carbocycles. The van der Waals surface area contributed by atoms with E-state index in [1.807, 2.05) is 18.8 Å². The third-order valence-corrected chi connectivity index (χ3v) is 5.50. The van der Waals surface area contributed by atoms with Crippen molar-refractivity contribution in [1.82, 2.24) is 15.5 Å². The normalized spacial score (nSPS) is 16.0. The fourth-order valence-electron chi connectivity index (χ4n) is 2.79. The summed E-state index contributed by atoms with van der Waals surface area (Å²) < 4.78 is 5.45. The van der Waals surface area contributed by atoms with Crippen molar-refractivity contribution in [1.29, 1.82) is 0 Å². The molecule has 5 nitrogen and oxygen atoms in total. The first-order valence-corrected chi connectivity index (χ1v) is 10.1.